The summed E-state index contributed by atoms with van der Waals surface area (Å²) in [4.78, 5) is 42.0. The number of nitrogens with one attached hydrogen (secondary N) is 1. The summed E-state index contributed by atoms with van der Waals surface area (Å²) in [6.45, 7) is 4.37. The molecule has 0 bridgehead atoms. The number of para-hydroxylation sites is 1. The molecule has 5 rings (SSSR count). The van der Waals surface area contributed by atoms with Gasteiger partial charge in [0.15, 0.2) is 11.5 Å². The van der Waals surface area contributed by atoms with Gasteiger partial charge in [-0.15, -0.1) is 0 Å². The van der Waals surface area contributed by atoms with Gasteiger partial charge in [0.2, 0.25) is 5.91 Å². The fourth-order valence-electron chi connectivity index (χ4n) is 4.67. The maximum atomic E-state index is 13.4. The normalized spacial score (nSPS) is 24.2. The molecule has 3 heterocycles. The Balaban J connectivity index is 1.38. The molecule has 2 aromatic carbocycles. The van der Waals surface area contributed by atoms with Crippen molar-refractivity contribution in [3.63, 3.8) is 0 Å². The standard InChI is InChI=1S/C24H25N3O5/c1-15-12-16-6-3-4-7-18(16)27(15)21(28)14-26-22(29)24(2,25-23(26)30)17-8-9-19-20(13-17)32-11-5-10-31-19/h3-4,6-9,13,15H,5,10-12,14H2,1-2H3,(H,25,30)/t15-,24+/m0/s1. The van der Waals surface area contributed by atoms with E-state index < -0.39 is 17.5 Å². The van der Waals surface area contributed by atoms with Crippen molar-refractivity contribution < 1.29 is 23.9 Å². The molecule has 2 aromatic rings. The Morgan fingerprint density at radius 3 is 2.69 bits per heavy atom. The van der Waals surface area contributed by atoms with E-state index in [1.165, 1.54) is 0 Å². The summed E-state index contributed by atoms with van der Waals surface area (Å²) in [6, 6.07) is 12.3. The van der Waals surface area contributed by atoms with Crippen LogP contribution in [0.5, 0.6) is 11.5 Å². The zero-order valence-electron chi connectivity index (χ0n) is 18.1. The number of ether oxygens (including phenoxy) is 2. The Kier molecular flexibility index (Phi) is 4.80. The van der Waals surface area contributed by atoms with Crippen LogP contribution in [0.3, 0.4) is 0 Å². The lowest BCUT2D eigenvalue weighted by atomic mass is 9.91. The molecular formula is C24H25N3O5. The molecule has 166 valence electrons. The van der Waals surface area contributed by atoms with E-state index in [0.29, 0.717) is 30.3 Å². The fourth-order valence-corrected chi connectivity index (χ4v) is 4.67. The average Bonchev–Trinajstić information content (AvgIpc) is 3.08. The van der Waals surface area contributed by atoms with Crippen LogP contribution >= 0.6 is 0 Å². The van der Waals surface area contributed by atoms with E-state index in [-0.39, 0.29) is 18.5 Å². The fraction of sp³-hybridized carbons (Fsp3) is 0.375. The maximum absolute atomic E-state index is 13.4. The summed E-state index contributed by atoms with van der Waals surface area (Å²) in [5, 5.41) is 2.77. The van der Waals surface area contributed by atoms with Crippen LogP contribution in [0, 0.1) is 0 Å². The van der Waals surface area contributed by atoms with Crippen molar-refractivity contribution in [1.82, 2.24) is 10.2 Å². The lowest BCUT2D eigenvalue weighted by Crippen LogP contribution is -2.46. The Hall–Kier alpha value is -3.55. The number of fused-ring (bicyclic) bond motifs is 2. The van der Waals surface area contributed by atoms with Crippen LogP contribution in [0.15, 0.2) is 42.5 Å². The summed E-state index contributed by atoms with van der Waals surface area (Å²) in [7, 11) is 0. The number of carbonyl (C=O) groups excluding carboxylic acids is 3. The second-order valence-electron chi connectivity index (χ2n) is 8.60. The molecule has 0 saturated carbocycles. The minimum Gasteiger partial charge on any atom is -0.490 e. The lowest BCUT2D eigenvalue weighted by molar-refractivity contribution is -0.134. The highest BCUT2D eigenvalue weighted by Gasteiger charge is 2.50. The molecule has 8 heteroatoms. The van der Waals surface area contributed by atoms with Crippen LogP contribution in [-0.4, -0.2) is 48.5 Å². The molecule has 32 heavy (non-hydrogen) atoms. The predicted octanol–water partition coefficient (Wildman–Crippen LogP) is 2.59. The molecule has 8 nitrogen and oxygen atoms in total. The number of rotatable bonds is 3. The smallest absolute Gasteiger partial charge is 0.325 e. The van der Waals surface area contributed by atoms with Crippen molar-refractivity contribution in [3.05, 3.63) is 53.6 Å². The van der Waals surface area contributed by atoms with E-state index >= 15 is 0 Å². The Morgan fingerprint density at radius 1 is 1.12 bits per heavy atom. The number of nitrogens with zero attached hydrogens (tertiary/aromatic N) is 2. The van der Waals surface area contributed by atoms with Crippen molar-refractivity contribution in [2.45, 2.75) is 38.3 Å². The summed E-state index contributed by atoms with van der Waals surface area (Å²) in [6.07, 6.45) is 1.52. The number of amides is 4. The molecule has 2 atom stereocenters. The summed E-state index contributed by atoms with van der Waals surface area (Å²) in [5.74, 6) is 0.403. The van der Waals surface area contributed by atoms with Gasteiger partial charge in [0, 0.05) is 18.2 Å². The molecule has 1 N–H and O–H groups in total. The number of anilines is 1. The monoisotopic (exact) mass is 435 g/mol. The van der Waals surface area contributed by atoms with Crippen LogP contribution in [0.2, 0.25) is 0 Å². The molecule has 1 fully saturated rings. The van der Waals surface area contributed by atoms with E-state index in [1.54, 1.807) is 30.0 Å². The highest BCUT2D eigenvalue weighted by molar-refractivity contribution is 6.11. The van der Waals surface area contributed by atoms with E-state index in [9.17, 15) is 14.4 Å². The van der Waals surface area contributed by atoms with Gasteiger partial charge in [-0.1, -0.05) is 24.3 Å². The van der Waals surface area contributed by atoms with Crippen molar-refractivity contribution in [1.29, 1.82) is 0 Å². The zero-order chi connectivity index (χ0) is 22.5. The van der Waals surface area contributed by atoms with Gasteiger partial charge in [-0.25, -0.2) is 4.79 Å². The second-order valence-corrected chi connectivity index (χ2v) is 8.60. The van der Waals surface area contributed by atoms with Crippen molar-refractivity contribution >= 4 is 23.5 Å². The largest absolute Gasteiger partial charge is 0.490 e. The van der Waals surface area contributed by atoms with E-state index in [0.717, 1.165) is 29.0 Å². The number of imide groups is 1. The minimum atomic E-state index is -1.30. The molecule has 0 unspecified atom stereocenters. The van der Waals surface area contributed by atoms with Crippen LogP contribution in [0.25, 0.3) is 0 Å². The van der Waals surface area contributed by atoms with Gasteiger partial charge in [-0.05, 0) is 49.6 Å². The first-order valence-corrected chi connectivity index (χ1v) is 10.8. The first-order valence-electron chi connectivity index (χ1n) is 10.8. The summed E-state index contributed by atoms with van der Waals surface area (Å²) in [5.41, 5.74) is 1.21. The van der Waals surface area contributed by atoms with Crippen LogP contribution in [0.4, 0.5) is 10.5 Å². The third-order valence-corrected chi connectivity index (χ3v) is 6.37. The quantitative estimate of drug-likeness (QED) is 0.749. The predicted molar refractivity (Wildman–Crippen MR) is 117 cm³/mol. The highest BCUT2D eigenvalue weighted by Crippen LogP contribution is 2.37. The molecule has 1 saturated heterocycles. The van der Waals surface area contributed by atoms with Gasteiger partial charge in [-0.2, -0.15) is 0 Å². The Morgan fingerprint density at radius 2 is 1.88 bits per heavy atom. The van der Waals surface area contributed by atoms with E-state index in [1.807, 2.05) is 31.2 Å². The number of hydrogen-bond acceptors (Lipinski definition) is 5. The summed E-state index contributed by atoms with van der Waals surface area (Å²) < 4.78 is 11.4. The first-order chi connectivity index (χ1) is 15.4. The van der Waals surface area contributed by atoms with Crippen molar-refractivity contribution in [2.24, 2.45) is 0 Å². The first kappa shape index (κ1) is 20.4. The molecule has 0 radical (unpaired) electrons. The Bertz CT molecular complexity index is 1120. The topological polar surface area (TPSA) is 88.2 Å². The van der Waals surface area contributed by atoms with E-state index in [2.05, 4.69) is 5.32 Å². The molecular weight excluding hydrogens is 410 g/mol. The van der Waals surface area contributed by atoms with Crippen LogP contribution in [0.1, 0.15) is 31.4 Å². The van der Waals surface area contributed by atoms with Gasteiger partial charge in [0.25, 0.3) is 5.91 Å². The molecule has 4 amide bonds. The van der Waals surface area contributed by atoms with E-state index in [4.69, 9.17) is 9.47 Å². The summed E-state index contributed by atoms with van der Waals surface area (Å²) >= 11 is 0. The van der Waals surface area contributed by atoms with Gasteiger partial charge in [0.05, 0.1) is 13.2 Å². The van der Waals surface area contributed by atoms with Gasteiger partial charge < -0.3 is 19.7 Å². The third-order valence-electron chi connectivity index (χ3n) is 6.37. The Labute approximate surface area is 186 Å². The maximum Gasteiger partial charge on any atom is 0.325 e. The molecule has 3 aliphatic rings. The average molecular weight is 435 g/mol. The number of hydrogen-bond donors (Lipinski definition) is 1. The second kappa shape index (κ2) is 7.55. The third kappa shape index (κ3) is 3.18. The molecule has 0 aromatic heterocycles. The highest BCUT2D eigenvalue weighted by atomic mass is 16.5. The van der Waals surface area contributed by atoms with Crippen LogP contribution < -0.4 is 19.7 Å². The molecule has 3 aliphatic heterocycles. The van der Waals surface area contributed by atoms with Gasteiger partial charge in [-0.3, -0.25) is 14.5 Å². The zero-order valence-corrected chi connectivity index (χ0v) is 18.1. The van der Waals surface area contributed by atoms with Crippen molar-refractivity contribution in [3.8, 4) is 11.5 Å². The number of urea groups is 1. The SMILES string of the molecule is C[C@H]1Cc2ccccc2N1C(=O)CN1C(=O)N[C@](C)(c2ccc3c(c2)OCCCO3)C1=O. The van der Waals surface area contributed by atoms with Crippen LogP contribution in [-0.2, 0) is 21.5 Å². The van der Waals surface area contributed by atoms with Gasteiger partial charge in [0.1, 0.15) is 12.1 Å². The van der Waals surface area contributed by atoms with Gasteiger partial charge >= 0.3 is 6.03 Å². The molecule has 0 aliphatic carbocycles. The number of benzene rings is 2. The number of carbonyl (C=O) groups is 3. The molecule has 0 spiro atoms. The van der Waals surface area contributed by atoms with Crippen molar-refractivity contribution in [2.75, 3.05) is 24.7 Å². The lowest BCUT2D eigenvalue weighted by Gasteiger charge is -2.26. The minimum absolute atomic E-state index is 0.0335.